The van der Waals surface area contributed by atoms with Gasteiger partial charge in [-0.25, -0.2) is 4.79 Å². The molecule has 0 unspecified atom stereocenters. The molecule has 1 aromatic rings. The van der Waals surface area contributed by atoms with E-state index in [-0.39, 0.29) is 5.69 Å². The Balaban J connectivity index is 2.79. The number of alkyl halides is 3. The number of hydrogen-bond acceptors (Lipinski definition) is 1. The number of amides is 2. The van der Waals surface area contributed by atoms with Crippen LogP contribution in [0.1, 0.15) is 18.9 Å². The predicted octanol–water partition coefficient (Wildman–Crippen LogP) is 3.75. The molecule has 2 N–H and O–H groups in total. The Morgan fingerprint density at radius 1 is 1.33 bits per heavy atom. The van der Waals surface area contributed by atoms with Crippen molar-refractivity contribution in [1.29, 1.82) is 0 Å². The Bertz CT molecular complexity index is 441. The number of para-hydroxylation sites is 1. The molecule has 0 heterocycles. The first-order valence-corrected chi connectivity index (χ1v) is 5.34. The lowest BCUT2D eigenvalue weighted by Crippen LogP contribution is -2.25. The van der Waals surface area contributed by atoms with Gasteiger partial charge in [-0.2, -0.15) is 13.2 Å². The summed E-state index contributed by atoms with van der Waals surface area (Å²) < 4.78 is 37.9. The van der Waals surface area contributed by atoms with Crippen LogP contribution in [0.2, 0.25) is 0 Å². The summed E-state index contributed by atoms with van der Waals surface area (Å²) >= 11 is 0. The molecule has 0 bridgehead atoms. The van der Waals surface area contributed by atoms with Crippen molar-refractivity contribution in [2.45, 2.75) is 19.5 Å². The summed E-state index contributed by atoms with van der Waals surface area (Å²) in [6.07, 6.45) is -0.719. The summed E-state index contributed by atoms with van der Waals surface area (Å²) in [4.78, 5) is 11.3. The van der Waals surface area contributed by atoms with Crippen LogP contribution in [0, 0.1) is 0 Å². The standard InChI is InChI=1S/C12H13F3N2O/c1-2-3-8-16-11(18)17-10-7-5-4-6-9(10)12(13,14)15/h3-8H,2H2,1H3,(H2,16,17,18)/b8-3+. The number of allylic oxidation sites excluding steroid dienone is 1. The van der Waals surface area contributed by atoms with Crippen LogP contribution in [0.3, 0.4) is 0 Å². The highest BCUT2D eigenvalue weighted by Crippen LogP contribution is 2.34. The maximum absolute atomic E-state index is 12.6. The fraction of sp³-hybridized carbons (Fsp3) is 0.250. The van der Waals surface area contributed by atoms with Gasteiger partial charge in [0, 0.05) is 6.20 Å². The third kappa shape index (κ3) is 4.12. The number of halogens is 3. The Labute approximate surface area is 103 Å². The average molecular weight is 258 g/mol. The Hall–Kier alpha value is -1.98. The number of carbonyl (C=O) groups excluding carboxylic acids is 1. The van der Waals surface area contributed by atoms with Gasteiger partial charge in [0.2, 0.25) is 0 Å². The van der Waals surface area contributed by atoms with Crippen LogP contribution in [-0.2, 0) is 6.18 Å². The minimum absolute atomic E-state index is 0.271. The van der Waals surface area contributed by atoms with Gasteiger partial charge in [0.25, 0.3) is 0 Å². The van der Waals surface area contributed by atoms with Crippen molar-refractivity contribution >= 4 is 11.7 Å². The highest BCUT2D eigenvalue weighted by Gasteiger charge is 2.33. The lowest BCUT2D eigenvalue weighted by atomic mass is 10.1. The van der Waals surface area contributed by atoms with Crippen LogP contribution in [-0.4, -0.2) is 6.03 Å². The van der Waals surface area contributed by atoms with Crippen molar-refractivity contribution in [3.05, 3.63) is 42.1 Å². The van der Waals surface area contributed by atoms with Gasteiger partial charge in [0.1, 0.15) is 0 Å². The fourth-order valence-electron chi connectivity index (χ4n) is 1.25. The lowest BCUT2D eigenvalue weighted by Gasteiger charge is -2.13. The molecule has 6 heteroatoms. The zero-order valence-corrected chi connectivity index (χ0v) is 9.71. The number of carbonyl (C=O) groups is 1. The number of benzene rings is 1. The van der Waals surface area contributed by atoms with Gasteiger partial charge in [-0.15, -0.1) is 0 Å². The van der Waals surface area contributed by atoms with Crippen molar-refractivity contribution in [2.75, 3.05) is 5.32 Å². The van der Waals surface area contributed by atoms with E-state index < -0.39 is 17.8 Å². The first kappa shape index (κ1) is 14.1. The molecule has 3 nitrogen and oxygen atoms in total. The zero-order chi connectivity index (χ0) is 13.6. The van der Waals surface area contributed by atoms with E-state index in [1.54, 1.807) is 6.08 Å². The minimum Gasteiger partial charge on any atom is -0.315 e. The van der Waals surface area contributed by atoms with Crippen molar-refractivity contribution in [1.82, 2.24) is 5.32 Å². The lowest BCUT2D eigenvalue weighted by molar-refractivity contribution is -0.136. The van der Waals surface area contributed by atoms with E-state index in [9.17, 15) is 18.0 Å². The number of hydrogen-bond donors (Lipinski definition) is 2. The number of anilines is 1. The van der Waals surface area contributed by atoms with E-state index in [0.717, 1.165) is 12.5 Å². The molecule has 2 amide bonds. The molecule has 0 fully saturated rings. The molecule has 0 atom stereocenters. The van der Waals surface area contributed by atoms with Crippen LogP contribution >= 0.6 is 0 Å². The smallest absolute Gasteiger partial charge is 0.315 e. The van der Waals surface area contributed by atoms with E-state index in [2.05, 4.69) is 10.6 Å². The first-order chi connectivity index (χ1) is 8.45. The van der Waals surface area contributed by atoms with Gasteiger partial charge in [-0.05, 0) is 18.6 Å². The molecule has 98 valence electrons. The third-order valence-corrected chi connectivity index (χ3v) is 2.05. The van der Waals surface area contributed by atoms with Crippen LogP contribution < -0.4 is 10.6 Å². The average Bonchev–Trinajstić information content (AvgIpc) is 2.28. The van der Waals surface area contributed by atoms with E-state index in [1.807, 2.05) is 6.92 Å². The predicted molar refractivity (Wildman–Crippen MR) is 63.0 cm³/mol. The summed E-state index contributed by atoms with van der Waals surface area (Å²) in [5.41, 5.74) is -1.15. The van der Waals surface area contributed by atoms with Crippen molar-refractivity contribution in [2.24, 2.45) is 0 Å². The summed E-state index contributed by atoms with van der Waals surface area (Å²) in [7, 11) is 0. The van der Waals surface area contributed by atoms with Crippen LogP contribution in [0.4, 0.5) is 23.7 Å². The van der Waals surface area contributed by atoms with Gasteiger partial charge in [0.15, 0.2) is 0 Å². The molecular weight excluding hydrogens is 245 g/mol. The number of nitrogens with one attached hydrogen (secondary N) is 2. The van der Waals surface area contributed by atoms with Crippen LogP contribution in [0.15, 0.2) is 36.5 Å². The van der Waals surface area contributed by atoms with Crippen molar-refractivity contribution in [3.8, 4) is 0 Å². The second-order valence-corrected chi connectivity index (χ2v) is 3.45. The van der Waals surface area contributed by atoms with Crippen molar-refractivity contribution in [3.63, 3.8) is 0 Å². The second-order valence-electron chi connectivity index (χ2n) is 3.45. The van der Waals surface area contributed by atoms with E-state index >= 15 is 0 Å². The topological polar surface area (TPSA) is 41.1 Å². The maximum Gasteiger partial charge on any atom is 0.418 e. The number of urea groups is 1. The van der Waals surface area contributed by atoms with Gasteiger partial charge >= 0.3 is 12.2 Å². The quantitative estimate of drug-likeness (QED) is 0.851. The molecule has 18 heavy (non-hydrogen) atoms. The van der Waals surface area contributed by atoms with Crippen molar-refractivity contribution < 1.29 is 18.0 Å². The highest BCUT2D eigenvalue weighted by molar-refractivity contribution is 5.90. The van der Waals surface area contributed by atoms with Gasteiger partial charge in [0.05, 0.1) is 11.3 Å². The highest BCUT2D eigenvalue weighted by atomic mass is 19.4. The third-order valence-electron chi connectivity index (χ3n) is 2.05. The summed E-state index contributed by atoms with van der Waals surface area (Å²) in [6, 6.07) is 4.09. The van der Waals surface area contributed by atoms with E-state index in [0.29, 0.717) is 0 Å². The molecule has 0 aliphatic heterocycles. The van der Waals surface area contributed by atoms with Crippen LogP contribution in [0.25, 0.3) is 0 Å². The van der Waals surface area contributed by atoms with Crippen LogP contribution in [0.5, 0.6) is 0 Å². The first-order valence-electron chi connectivity index (χ1n) is 5.34. The van der Waals surface area contributed by atoms with Gasteiger partial charge in [-0.1, -0.05) is 25.1 Å². The molecule has 0 aromatic heterocycles. The Morgan fingerprint density at radius 2 is 2.00 bits per heavy atom. The molecular formula is C12H13F3N2O. The Morgan fingerprint density at radius 3 is 2.61 bits per heavy atom. The summed E-state index contributed by atoms with van der Waals surface area (Å²) in [5.74, 6) is 0. The fourth-order valence-corrected chi connectivity index (χ4v) is 1.25. The summed E-state index contributed by atoms with van der Waals surface area (Å²) in [5, 5.41) is 4.47. The molecule has 0 spiro atoms. The molecule has 1 aromatic carbocycles. The van der Waals surface area contributed by atoms with Gasteiger partial charge < -0.3 is 10.6 Å². The Kier molecular flexibility index (Phi) is 4.76. The van der Waals surface area contributed by atoms with E-state index in [4.69, 9.17) is 0 Å². The maximum atomic E-state index is 12.6. The van der Waals surface area contributed by atoms with Gasteiger partial charge in [-0.3, -0.25) is 0 Å². The minimum atomic E-state index is -4.50. The van der Waals surface area contributed by atoms with E-state index in [1.165, 1.54) is 24.4 Å². The normalized spacial score (nSPS) is 11.6. The monoisotopic (exact) mass is 258 g/mol. The molecule has 0 radical (unpaired) electrons. The zero-order valence-electron chi connectivity index (χ0n) is 9.71. The molecule has 0 aliphatic rings. The SMILES string of the molecule is CC/C=C/NC(=O)Nc1ccccc1C(F)(F)F. The molecule has 1 rings (SSSR count). The molecule has 0 saturated heterocycles. The molecule has 0 aliphatic carbocycles. The second kappa shape index (κ2) is 6.09. The largest absolute Gasteiger partial charge is 0.418 e. The summed E-state index contributed by atoms with van der Waals surface area (Å²) in [6.45, 7) is 1.87. The number of rotatable bonds is 3. The molecule has 0 saturated carbocycles.